The maximum atomic E-state index is 12.3. The van der Waals surface area contributed by atoms with E-state index < -0.39 is 5.91 Å². The number of aryl methyl sites for hydroxylation is 2. The molecule has 26 heavy (non-hydrogen) atoms. The number of thiophene rings is 1. The standard InChI is InChI=1S/C19H24N2O4S/c1-5-7-16-12(6-2)10-17(26-16)19(23)21-20-18(22)13-8-14(24-3)11-15(9-13)25-4/h8-11H,5-7H2,1-4H3,(H,20,22)(H,21,23). The molecule has 0 saturated carbocycles. The number of amides is 2. The van der Waals surface area contributed by atoms with Gasteiger partial charge in [0, 0.05) is 16.5 Å². The molecule has 0 atom stereocenters. The molecule has 1 aromatic carbocycles. The first kappa shape index (κ1) is 19.8. The predicted molar refractivity (Wildman–Crippen MR) is 102 cm³/mol. The summed E-state index contributed by atoms with van der Waals surface area (Å²) in [6, 6.07) is 6.71. The average Bonchev–Trinajstić information content (AvgIpc) is 3.08. The number of carbonyl (C=O) groups excluding carboxylic acids is 2. The largest absolute Gasteiger partial charge is 0.497 e. The number of ether oxygens (including phenoxy) is 2. The van der Waals surface area contributed by atoms with Gasteiger partial charge in [0.25, 0.3) is 11.8 Å². The highest BCUT2D eigenvalue weighted by Crippen LogP contribution is 2.25. The van der Waals surface area contributed by atoms with Gasteiger partial charge in [-0.05, 0) is 36.6 Å². The second-order valence-electron chi connectivity index (χ2n) is 5.67. The zero-order valence-electron chi connectivity index (χ0n) is 15.5. The van der Waals surface area contributed by atoms with Crippen LogP contribution in [-0.2, 0) is 12.8 Å². The van der Waals surface area contributed by atoms with Crippen molar-refractivity contribution in [2.75, 3.05) is 14.2 Å². The van der Waals surface area contributed by atoms with Gasteiger partial charge in [-0.2, -0.15) is 0 Å². The third kappa shape index (κ3) is 4.76. The van der Waals surface area contributed by atoms with Gasteiger partial charge in [-0.25, -0.2) is 0 Å². The Morgan fingerprint density at radius 3 is 2.12 bits per heavy atom. The van der Waals surface area contributed by atoms with E-state index in [1.165, 1.54) is 36.0 Å². The molecule has 140 valence electrons. The highest BCUT2D eigenvalue weighted by molar-refractivity contribution is 7.14. The summed E-state index contributed by atoms with van der Waals surface area (Å²) in [4.78, 5) is 26.5. The van der Waals surface area contributed by atoms with E-state index in [0.29, 0.717) is 21.9 Å². The number of hydrogen-bond acceptors (Lipinski definition) is 5. The molecule has 0 aliphatic carbocycles. The van der Waals surface area contributed by atoms with Gasteiger partial charge in [-0.1, -0.05) is 20.3 Å². The van der Waals surface area contributed by atoms with Crippen LogP contribution in [0.2, 0.25) is 0 Å². The molecule has 2 aromatic rings. The van der Waals surface area contributed by atoms with Gasteiger partial charge >= 0.3 is 0 Å². The van der Waals surface area contributed by atoms with Crippen LogP contribution in [0.3, 0.4) is 0 Å². The lowest BCUT2D eigenvalue weighted by Gasteiger charge is -2.09. The van der Waals surface area contributed by atoms with Crippen molar-refractivity contribution >= 4 is 23.2 Å². The molecule has 6 nitrogen and oxygen atoms in total. The molecule has 0 bridgehead atoms. The van der Waals surface area contributed by atoms with Crippen molar-refractivity contribution in [1.82, 2.24) is 10.9 Å². The van der Waals surface area contributed by atoms with Gasteiger partial charge in [0.05, 0.1) is 19.1 Å². The van der Waals surface area contributed by atoms with E-state index in [-0.39, 0.29) is 5.91 Å². The second-order valence-corrected chi connectivity index (χ2v) is 6.81. The summed E-state index contributed by atoms with van der Waals surface area (Å²) in [6.45, 7) is 4.18. The minimum absolute atomic E-state index is 0.324. The second kappa shape index (κ2) is 9.24. The first-order valence-corrected chi connectivity index (χ1v) is 9.29. The van der Waals surface area contributed by atoms with Crippen LogP contribution in [0.5, 0.6) is 11.5 Å². The topological polar surface area (TPSA) is 76.7 Å². The first-order chi connectivity index (χ1) is 12.5. The van der Waals surface area contributed by atoms with Gasteiger partial charge in [0.2, 0.25) is 0 Å². The van der Waals surface area contributed by atoms with Crippen LogP contribution in [0, 0.1) is 0 Å². The molecule has 0 aliphatic rings. The fourth-order valence-electron chi connectivity index (χ4n) is 2.50. The molecule has 0 unspecified atom stereocenters. The summed E-state index contributed by atoms with van der Waals surface area (Å²) in [7, 11) is 3.02. The van der Waals surface area contributed by atoms with Crippen molar-refractivity contribution in [2.45, 2.75) is 33.1 Å². The normalized spacial score (nSPS) is 10.3. The molecule has 7 heteroatoms. The van der Waals surface area contributed by atoms with Gasteiger partial charge in [-0.15, -0.1) is 11.3 Å². The maximum Gasteiger partial charge on any atom is 0.279 e. The van der Waals surface area contributed by atoms with E-state index in [2.05, 4.69) is 24.7 Å². The minimum atomic E-state index is -0.448. The van der Waals surface area contributed by atoms with Crippen molar-refractivity contribution in [3.05, 3.63) is 45.1 Å². The average molecular weight is 376 g/mol. The summed E-state index contributed by atoms with van der Waals surface area (Å²) in [5.41, 5.74) is 6.42. The quantitative estimate of drug-likeness (QED) is 0.727. The highest BCUT2D eigenvalue weighted by atomic mass is 32.1. The number of methoxy groups -OCH3 is 2. The van der Waals surface area contributed by atoms with E-state index in [1.54, 1.807) is 18.2 Å². The van der Waals surface area contributed by atoms with E-state index in [0.717, 1.165) is 19.3 Å². The van der Waals surface area contributed by atoms with Crippen LogP contribution in [0.25, 0.3) is 0 Å². The van der Waals surface area contributed by atoms with Crippen molar-refractivity contribution in [3.63, 3.8) is 0 Å². The first-order valence-electron chi connectivity index (χ1n) is 8.47. The zero-order valence-corrected chi connectivity index (χ0v) is 16.3. The van der Waals surface area contributed by atoms with Crippen molar-refractivity contribution in [2.24, 2.45) is 0 Å². The minimum Gasteiger partial charge on any atom is -0.497 e. The molecular weight excluding hydrogens is 352 g/mol. The molecule has 0 radical (unpaired) electrons. The van der Waals surface area contributed by atoms with Crippen LogP contribution in [0.15, 0.2) is 24.3 Å². The monoisotopic (exact) mass is 376 g/mol. The van der Waals surface area contributed by atoms with Crippen molar-refractivity contribution in [3.8, 4) is 11.5 Å². The van der Waals surface area contributed by atoms with E-state index in [4.69, 9.17) is 9.47 Å². The smallest absolute Gasteiger partial charge is 0.279 e. The summed E-state index contributed by atoms with van der Waals surface area (Å²) >= 11 is 1.47. The van der Waals surface area contributed by atoms with Gasteiger partial charge in [-0.3, -0.25) is 20.4 Å². The van der Waals surface area contributed by atoms with Crippen LogP contribution in [-0.4, -0.2) is 26.0 Å². The molecule has 0 aliphatic heterocycles. The van der Waals surface area contributed by atoms with E-state index >= 15 is 0 Å². The molecule has 2 amide bonds. The summed E-state index contributed by atoms with van der Waals surface area (Å²) in [6.07, 6.45) is 2.87. The zero-order chi connectivity index (χ0) is 19.1. The van der Waals surface area contributed by atoms with Crippen LogP contribution in [0.1, 0.15) is 50.7 Å². The van der Waals surface area contributed by atoms with Crippen molar-refractivity contribution in [1.29, 1.82) is 0 Å². The Hall–Kier alpha value is -2.54. The number of carbonyl (C=O) groups is 2. The van der Waals surface area contributed by atoms with Gasteiger partial charge in [0.1, 0.15) is 11.5 Å². The Kier molecular flexibility index (Phi) is 7.03. The number of hydrogen-bond donors (Lipinski definition) is 2. The van der Waals surface area contributed by atoms with Crippen LogP contribution < -0.4 is 20.3 Å². The van der Waals surface area contributed by atoms with E-state index in [1.807, 2.05) is 6.07 Å². The number of rotatable bonds is 7. The Morgan fingerprint density at radius 1 is 0.962 bits per heavy atom. The lowest BCUT2D eigenvalue weighted by molar-refractivity contribution is 0.0848. The SMILES string of the molecule is CCCc1sc(C(=O)NNC(=O)c2cc(OC)cc(OC)c2)cc1CC. The molecular formula is C19H24N2O4S. The highest BCUT2D eigenvalue weighted by Gasteiger charge is 2.15. The summed E-state index contributed by atoms with van der Waals surface area (Å²) < 4.78 is 10.3. The van der Waals surface area contributed by atoms with Crippen LogP contribution >= 0.6 is 11.3 Å². The van der Waals surface area contributed by atoms with Crippen molar-refractivity contribution < 1.29 is 19.1 Å². The molecule has 0 fully saturated rings. The molecule has 2 N–H and O–H groups in total. The summed E-state index contributed by atoms with van der Waals surface area (Å²) in [5, 5.41) is 0. The molecule has 1 aromatic heterocycles. The molecule has 0 saturated heterocycles. The van der Waals surface area contributed by atoms with Gasteiger partial charge in [0.15, 0.2) is 0 Å². The lowest BCUT2D eigenvalue weighted by atomic mass is 10.1. The molecule has 0 spiro atoms. The molecule has 1 heterocycles. The Balaban J connectivity index is 2.06. The maximum absolute atomic E-state index is 12.3. The summed E-state index contributed by atoms with van der Waals surface area (Å²) in [5.74, 6) is 0.221. The Morgan fingerprint density at radius 2 is 1.58 bits per heavy atom. The third-order valence-corrected chi connectivity index (χ3v) is 5.12. The number of nitrogens with one attached hydrogen (secondary N) is 2. The lowest BCUT2D eigenvalue weighted by Crippen LogP contribution is -2.41. The third-order valence-electron chi connectivity index (χ3n) is 3.88. The predicted octanol–water partition coefficient (Wildman–Crippen LogP) is 3.36. The van der Waals surface area contributed by atoms with Crippen LogP contribution in [0.4, 0.5) is 0 Å². The number of hydrazine groups is 1. The molecule has 2 rings (SSSR count). The van der Waals surface area contributed by atoms with Gasteiger partial charge < -0.3 is 9.47 Å². The Labute approximate surface area is 157 Å². The van der Waals surface area contributed by atoms with E-state index in [9.17, 15) is 9.59 Å². The number of benzene rings is 1. The Bertz CT molecular complexity index is 764. The fraction of sp³-hybridized carbons (Fsp3) is 0.368. The fourth-order valence-corrected chi connectivity index (χ4v) is 3.75.